The maximum atomic E-state index is 11.3. The normalized spacial score (nSPS) is 14.4. The second kappa shape index (κ2) is 6.34. The molecule has 1 atom stereocenters. The molecule has 0 fully saturated rings. The van der Waals surface area contributed by atoms with Crippen molar-refractivity contribution in [2.45, 2.75) is 39.2 Å². The molecular formula is C8H19NO3S. The third kappa shape index (κ3) is 6.01. The maximum absolute atomic E-state index is 11.3. The van der Waals surface area contributed by atoms with Crippen molar-refractivity contribution in [3.8, 4) is 0 Å². The maximum Gasteiger partial charge on any atom is 0.211 e. The van der Waals surface area contributed by atoms with E-state index in [1.807, 2.05) is 13.8 Å². The van der Waals surface area contributed by atoms with Crippen molar-refractivity contribution >= 4 is 10.0 Å². The van der Waals surface area contributed by atoms with Gasteiger partial charge in [0, 0.05) is 6.04 Å². The van der Waals surface area contributed by atoms with Crippen molar-refractivity contribution in [2.75, 3.05) is 12.4 Å². The SMILES string of the molecule is CCCCS(=O)(=O)NC(CC)CO. The molecule has 0 aromatic carbocycles. The molecule has 0 saturated carbocycles. The zero-order chi connectivity index (χ0) is 10.3. The number of hydrogen-bond acceptors (Lipinski definition) is 3. The lowest BCUT2D eigenvalue weighted by Gasteiger charge is -2.13. The number of aliphatic hydroxyl groups excluding tert-OH is 1. The van der Waals surface area contributed by atoms with E-state index in [2.05, 4.69) is 4.72 Å². The highest BCUT2D eigenvalue weighted by Crippen LogP contribution is 1.97. The number of aliphatic hydroxyl groups is 1. The van der Waals surface area contributed by atoms with Crippen molar-refractivity contribution in [2.24, 2.45) is 0 Å². The molecule has 5 heteroatoms. The van der Waals surface area contributed by atoms with Crippen molar-refractivity contribution in [1.29, 1.82) is 0 Å². The molecule has 1 unspecified atom stereocenters. The van der Waals surface area contributed by atoms with Crippen LogP contribution in [0, 0.1) is 0 Å². The van der Waals surface area contributed by atoms with Gasteiger partial charge in [0.25, 0.3) is 0 Å². The van der Waals surface area contributed by atoms with Crippen LogP contribution in [0.3, 0.4) is 0 Å². The fraction of sp³-hybridized carbons (Fsp3) is 1.00. The van der Waals surface area contributed by atoms with Gasteiger partial charge in [0.2, 0.25) is 10.0 Å². The summed E-state index contributed by atoms with van der Waals surface area (Å²) < 4.78 is 25.0. The Morgan fingerprint density at radius 3 is 2.38 bits per heavy atom. The second-order valence-electron chi connectivity index (χ2n) is 3.08. The van der Waals surface area contributed by atoms with Gasteiger partial charge in [-0.25, -0.2) is 13.1 Å². The minimum absolute atomic E-state index is 0.137. The van der Waals surface area contributed by atoms with E-state index in [4.69, 9.17) is 5.11 Å². The van der Waals surface area contributed by atoms with Crippen LogP contribution in [-0.4, -0.2) is 31.9 Å². The van der Waals surface area contributed by atoms with Crippen molar-refractivity contribution in [3.63, 3.8) is 0 Å². The summed E-state index contributed by atoms with van der Waals surface area (Å²) in [6.07, 6.45) is 2.13. The van der Waals surface area contributed by atoms with E-state index in [1.54, 1.807) is 0 Å². The van der Waals surface area contributed by atoms with E-state index in [1.165, 1.54) is 0 Å². The van der Waals surface area contributed by atoms with Crippen molar-refractivity contribution in [3.05, 3.63) is 0 Å². The average Bonchev–Trinajstić information content (AvgIpc) is 2.11. The van der Waals surface area contributed by atoms with E-state index >= 15 is 0 Å². The van der Waals surface area contributed by atoms with Gasteiger partial charge >= 0.3 is 0 Å². The van der Waals surface area contributed by atoms with Gasteiger partial charge in [-0.1, -0.05) is 20.3 Å². The summed E-state index contributed by atoms with van der Waals surface area (Å²) in [6, 6.07) is -0.332. The highest BCUT2D eigenvalue weighted by Gasteiger charge is 2.14. The average molecular weight is 209 g/mol. The predicted molar refractivity (Wildman–Crippen MR) is 53.0 cm³/mol. The summed E-state index contributed by atoms with van der Waals surface area (Å²) in [5.41, 5.74) is 0. The van der Waals surface area contributed by atoms with E-state index in [9.17, 15) is 8.42 Å². The Hall–Kier alpha value is -0.130. The third-order valence-electron chi connectivity index (χ3n) is 1.83. The van der Waals surface area contributed by atoms with Crippen LogP contribution >= 0.6 is 0 Å². The molecule has 0 radical (unpaired) electrons. The van der Waals surface area contributed by atoms with Crippen LogP contribution in [-0.2, 0) is 10.0 Å². The smallest absolute Gasteiger partial charge is 0.211 e. The molecule has 80 valence electrons. The molecule has 0 aliphatic rings. The summed E-state index contributed by atoms with van der Waals surface area (Å²) in [5, 5.41) is 8.79. The first kappa shape index (κ1) is 12.9. The summed E-state index contributed by atoms with van der Waals surface area (Å²) in [4.78, 5) is 0. The molecule has 0 heterocycles. The number of nitrogens with one attached hydrogen (secondary N) is 1. The molecule has 13 heavy (non-hydrogen) atoms. The fourth-order valence-electron chi connectivity index (χ4n) is 0.897. The van der Waals surface area contributed by atoms with Crippen LogP contribution in [0.15, 0.2) is 0 Å². The Balaban J connectivity index is 4.00. The lowest BCUT2D eigenvalue weighted by atomic mass is 10.3. The van der Waals surface area contributed by atoms with E-state index < -0.39 is 10.0 Å². The molecular weight excluding hydrogens is 190 g/mol. The molecule has 0 aromatic rings. The predicted octanol–water partition coefficient (Wildman–Crippen LogP) is 0.477. The fourth-order valence-corrected chi connectivity index (χ4v) is 2.43. The zero-order valence-corrected chi connectivity index (χ0v) is 9.10. The van der Waals surface area contributed by atoms with Crippen LogP contribution in [0.2, 0.25) is 0 Å². The van der Waals surface area contributed by atoms with Crippen LogP contribution in [0.4, 0.5) is 0 Å². The van der Waals surface area contributed by atoms with E-state index in [0.717, 1.165) is 6.42 Å². The van der Waals surface area contributed by atoms with Crippen LogP contribution in [0.25, 0.3) is 0 Å². The summed E-state index contributed by atoms with van der Waals surface area (Å²) >= 11 is 0. The summed E-state index contributed by atoms with van der Waals surface area (Å²) in [5.74, 6) is 0.153. The highest BCUT2D eigenvalue weighted by molar-refractivity contribution is 7.89. The van der Waals surface area contributed by atoms with E-state index in [-0.39, 0.29) is 18.4 Å². The Morgan fingerprint density at radius 2 is 2.00 bits per heavy atom. The van der Waals surface area contributed by atoms with Gasteiger partial charge < -0.3 is 5.11 Å². The Morgan fingerprint density at radius 1 is 1.38 bits per heavy atom. The first-order valence-corrected chi connectivity index (χ1v) is 6.31. The molecule has 0 aliphatic carbocycles. The van der Waals surface area contributed by atoms with Crippen molar-refractivity contribution < 1.29 is 13.5 Å². The van der Waals surface area contributed by atoms with Crippen molar-refractivity contribution in [1.82, 2.24) is 4.72 Å². The Bertz CT molecular complexity index is 209. The third-order valence-corrected chi connectivity index (χ3v) is 3.34. The first-order chi connectivity index (χ1) is 6.05. The van der Waals surface area contributed by atoms with Crippen LogP contribution < -0.4 is 4.72 Å². The second-order valence-corrected chi connectivity index (χ2v) is 4.95. The minimum atomic E-state index is -3.18. The molecule has 0 saturated heterocycles. The molecule has 0 bridgehead atoms. The first-order valence-electron chi connectivity index (χ1n) is 4.66. The van der Waals surface area contributed by atoms with Gasteiger partial charge in [0.05, 0.1) is 12.4 Å². The largest absolute Gasteiger partial charge is 0.395 e. The standard InChI is InChI=1S/C8H19NO3S/c1-3-5-6-13(11,12)9-8(4-2)7-10/h8-10H,3-7H2,1-2H3. The molecule has 4 nitrogen and oxygen atoms in total. The molecule has 0 aliphatic heterocycles. The minimum Gasteiger partial charge on any atom is -0.395 e. The number of sulfonamides is 1. The topological polar surface area (TPSA) is 66.4 Å². The highest BCUT2D eigenvalue weighted by atomic mass is 32.2. The molecule has 0 aromatic heterocycles. The number of rotatable bonds is 7. The van der Waals surface area contributed by atoms with Gasteiger partial charge in [0.15, 0.2) is 0 Å². The van der Waals surface area contributed by atoms with Gasteiger partial charge in [0.1, 0.15) is 0 Å². The number of hydrogen-bond donors (Lipinski definition) is 2. The van der Waals surface area contributed by atoms with Gasteiger partial charge in [-0.2, -0.15) is 0 Å². The Labute approximate surface area is 80.4 Å². The van der Waals surface area contributed by atoms with Gasteiger partial charge in [-0.3, -0.25) is 0 Å². The van der Waals surface area contributed by atoms with Crippen LogP contribution in [0.5, 0.6) is 0 Å². The molecule has 2 N–H and O–H groups in total. The lowest BCUT2D eigenvalue weighted by Crippen LogP contribution is -2.38. The van der Waals surface area contributed by atoms with Crippen LogP contribution in [0.1, 0.15) is 33.1 Å². The summed E-state index contributed by atoms with van der Waals surface area (Å²) in [7, 11) is -3.18. The quantitative estimate of drug-likeness (QED) is 0.641. The summed E-state index contributed by atoms with van der Waals surface area (Å²) in [6.45, 7) is 3.64. The van der Waals surface area contributed by atoms with Gasteiger partial charge in [-0.15, -0.1) is 0 Å². The molecule has 0 amide bonds. The van der Waals surface area contributed by atoms with Gasteiger partial charge in [-0.05, 0) is 12.8 Å². The Kier molecular flexibility index (Phi) is 6.28. The number of unbranched alkanes of at least 4 members (excludes halogenated alkanes) is 1. The van der Waals surface area contributed by atoms with E-state index in [0.29, 0.717) is 12.8 Å². The molecule has 0 spiro atoms. The lowest BCUT2D eigenvalue weighted by molar-refractivity contribution is 0.254. The molecule has 0 rings (SSSR count). The zero-order valence-electron chi connectivity index (χ0n) is 8.28. The monoisotopic (exact) mass is 209 g/mol.